The Labute approximate surface area is 103 Å². The molecule has 0 heterocycles. The molecular formula is C13H23NO3. The molecule has 2 aliphatic rings. The van der Waals surface area contributed by atoms with Gasteiger partial charge in [-0.05, 0) is 45.1 Å². The number of carbonyl (C=O) groups is 1. The molecule has 0 saturated heterocycles. The van der Waals surface area contributed by atoms with Crippen LogP contribution in [0, 0.1) is 0 Å². The fraction of sp³-hybridized carbons (Fsp3) is 0.923. The van der Waals surface area contributed by atoms with Crippen molar-refractivity contribution in [1.82, 2.24) is 5.32 Å². The average molecular weight is 241 g/mol. The average Bonchev–Trinajstić information content (AvgIpc) is 2.24. The molecule has 2 fully saturated rings. The molecule has 17 heavy (non-hydrogen) atoms. The third-order valence-corrected chi connectivity index (χ3v) is 4.07. The Morgan fingerprint density at radius 2 is 2.06 bits per heavy atom. The smallest absolute Gasteiger partial charge is 0.323 e. The summed E-state index contributed by atoms with van der Waals surface area (Å²) in [7, 11) is 0. The molecule has 0 amide bonds. The van der Waals surface area contributed by atoms with Gasteiger partial charge >= 0.3 is 5.97 Å². The van der Waals surface area contributed by atoms with Crippen molar-refractivity contribution in [2.75, 3.05) is 6.54 Å². The third kappa shape index (κ3) is 2.80. The van der Waals surface area contributed by atoms with Crippen LogP contribution in [0.5, 0.6) is 0 Å². The summed E-state index contributed by atoms with van der Waals surface area (Å²) in [5.41, 5.74) is -0.749. The fourth-order valence-corrected chi connectivity index (χ4v) is 2.89. The Hall–Kier alpha value is -0.610. The second kappa shape index (κ2) is 5.36. The van der Waals surface area contributed by atoms with Crippen molar-refractivity contribution < 1.29 is 14.6 Å². The molecular weight excluding hydrogens is 218 g/mol. The summed E-state index contributed by atoms with van der Waals surface area (Å²) < 4.78 is 5.98. The van der Waals surface area contributed by atoms with Gasteiger partial charge in [-0.15, -0.1) is 0 Å². The van der Waals surface area contributed by atoms with E-state index in [4.69, 9.17) is 4.74 Å². The first-order valence-electron chi connectivity index (χ1n) is 6.80. The van der Waals surface area contributed by atoms with Crippen LogP contribution in [0.15, 0.2) is 0 Å². The molecule has 0 aromatic heterocycles. The standard InChI is InChI=1S/C13H23NO3/c1-2-14-13(12(15)16)8-4-7-11(9-13)17-10-5-3-6-10/h10-11,14H,2-9H2,1H3,(H,15,16). The van der Waals surface area contributed by atoms with Gasteiger partial charge in [-0.2, -0.15) is 0 Å². The first kappa shape index (κ1) is 12.8. The molecule has 0 spiro atoms. The summed E-state index contributed by atoms with van der Waals surface area (Å²) >= 11 is 0. The normalized spacial score (nSPS) is 34.3. The van der Waals surface area contributed by atoms with E-state index in [0.29, 0.717) is 19.1 Å². The van der Waals surface area contributed by atoms with Crippen LogP contribution >= 0.6 is 0 Å². The molecule has 2 N–H and O–H groups in total. The highest BCUT2D eigenvalue weighted by molar-refractivity contribution is 5.79. The number of rotatable bonds is 5. The summed E-state index contributed by atoms with van der Waals surface area (Å²) in [4.78, 5) is 11.5. The molecule has 0 bridgehead atoms. The highest BCUT2D eigenvalue weighted by Crippen LogP contribution is 2.34. The lowest BCUT2D eigenvalue weighted by Gasteiger charge is -2.40. The van der Waals surface area contributed by atoms with Crippen LogP contribution in [-0.4, -0.2) is 35.4 Å². The second-order valence-electron chi connectivity index (χ2n) is 5.32. The molecule has 0 aromatic carbocycles. The lowest BCUT2D eigenvalue weighted by atomic mass is 9.79. The summed E-state index contributed by atoms with van der Waals surface area (Å²) in [5, 5.41) is 12.6. The fourth-order valence-electron chi connectivity index (χ4n) is 2.89. The number of carboxylic acids is 1. The largest absolute Gasteiger partial charge is 0.480 e. The van der Waals surface area contributed by atoms with Crippen molar-refractivity contribution in [3.63, 3.8) is 0 Å². The molecule has 4 heteroatoms. The first-order chi connectivity index (χ1) is 8.16. The Morgan fingerprint density at radius 3 is 2.59 bits per heavy atom. The number of hydrogen-bond acceptors (Lipinski definition) is 3. The summed E-state index contributed by atoms with van der Waals surface area (Å²) in [5.74, 6) is -0.721. The molecule has 0 radical (unpaired) electrons. The predicted octanol–water partition coefficient (Wildman–Crippen LogP) is 1.93. The zero-order valence-corrected chi connectivity index (χ0v) is 10.6. The van der Waals surface area contributed by atoms with E-state index in [0.717, 1.165) is 32.1 Å². The van der Waals surface area contributed by atoms with E-state index >= 15 is 0 Å². The number of aliphatic carboxylic acids is 1. The number of hydrogen-bond donors (Lipinski definition) is 2. The molecule has 2 atom stereocenters. The van der Waals surface area contributed by atoms with Crippen molar-refractivity contribution in [3.05, 3.63) is 0 Å². The highest BCUT2D eigenvalue weighted by Gasteiger charge is 2.43. The maximum atomic E-state index is 11.5. The zero-order chi connectivity index (χ0) is 12.3. The van der Waals surface area contributed by atoms with E-state index in [9.17, 15) is 9.90 Å². The van der Waals surface area contributed by atoms with E-state index in [2.05, 4.69) is 5.32 Å². The van der Waals surface area contributed by atoms with Gasteiger partial charge in [-0.25, -0.2) is 0 Å². The first-order valence-corrected chi connectivity index (χ1v) is 6.80. The van der Waals surface area contributed by atoms with Crippen molar-refractivity contribution in [2.45, 2.75) is 69.6 Å². The van der Waals surface area contributed by atoms with Gasteiger partial charge in [0.25, 0.3) is 0 Å². The van der Waals surface area contributed by atoms with E-state index < -0.39 is 11.5 Å². The Morgan fingerprint density at radius 1 is 1.35 bits per heavy atom. The molecule has 98 valence electrons. The number of ether oxygens (including phenoxy) is 1. The topological polar surface area (TPSA) is 58.6 Å². The zero-order valence-electron chi connectivity index (χ0n) is 10.6. The van der Waals surface area contributed by atoms with Crippen LogP contribution in [0.25, 0.3) is 0 Å². The third-order valence-electron chi connectivity index (χ3n) is 4.07. The van der Waals surface area contributed by atoms with Gasteiger partial charge < -0.3 is 15.2 Å². The van der Waals surface area contributed by atoms with E-state index in [1.807, 2.05) is 6.92 Å². The Kier molecular flexibility index (Phi) is 4.05. The van der Waals surface area contributed by atoms with Gasteiger partial charge in [-0.3, -0.25) is 4.79 Å². The van der Waals surface area contributed by atoms with Gasteiger partial charge in [-0.1, -0.05) is 6.92 Å². The van der Waals surface area contributed by atoms with E-state index in [1.165, 1.54) is 6.42 Å². The van der Waals surface area contributed by atoms with Crippen molar-refractivity contribution in [3.8, 4) is 0 Å². The molecule has 2 aliphatic carbocycles. The monoisotopic (exact) mass is 241 g/mol. The Bertz CT molecular complexity index is 274. The van der Waals surface area contributed by atoms with Crippen molar-refractivity contribution >= 4 is 5.97 Å². The second-order valence-corrected chi connectivity index (χ2v) is 5.32. The highest BCUT2D eigenvalue weighted by atomic mass is 16.5. The van der Waals surface area contributed by atoms with Crippen molar-refractivity contribution in [1.29, 1.82) is 0 Å². The van der Waals surface area contributed by atoms with Gasteiger partial charge in [0, 0.05) is 6.42 Å². The van der Waals surface area contributed by atoms with E-state index in [1.54, 1.807) is 0 Å². The van der Waals surface area contributed by atoms with Gasteiger partial charge in [0.15, 0.2) is 0 Å². The number of nitrogens with one attached hydrogen (secondary N) is 1. The molecule has 4 nitrogen and oxygen atoms in total. The lowest BCUT2D eigenvalue weighted by Crippen LogP contribution is -2.56. The summed E-state index contributed by atoms with van der Waals surface area (Å²) in [6.45, 7) is 2.66. The van der Waals surface area contributed by atoms with Gasteiger partial charge in [0.05, 0.1) is 12.2 Å². The van der Waals surface area contributed by atoms with Crippen LogP contribution in [0.4, 0.5) is 0 Å². The minimum absolute atomic E-state index is 0.129. The van der Waals surface area contributed by atoms with Crippen LogP contribution in [0.1, 0.15) is 51.9 Å². The van der Waals surface area contributed by atoms with Crippen LogP contribution in [0.2, 0.25) is 0 Å². The molecule has 0 aromatic rings. The minimum Gasteiger partial charge on any atom is -0.480 e. The minimum atomic E-state index is -0.749. The summed E-state index contributed by atoms with van der Waals surface area (Å²) in [6.07, 6.45) is 7.38. The lowest BCUT2D eigenvalue weighted by molar-refractivity contribution is -0.151. The number of carboxylic acid groups (broad SMARTS) is 1. The molecule has 2 rings (SSSR count). The Balaban J connectivity index is 1.94. The van der Waals surface area contributed by atoms with Crippen LogP contribution in [0.3, 0.4) is 0 Å². The van der Waals surface area contributed by atoms with Crippen LogP contribution in [-0.2, 0) is 9.53 Å². The number of likely N-dealkylation sites (N-methyl/N-ethyl adjacent to an activating group) is 1. The van der Waals surface area contributed by atoms with Crippen molar-refractivity contribution in [2.24, 2.45) is 0 Å². The van der Waals surface area contributed by atoms with Crippen LogP contribution < -0.4 is 5.32 Å². The SMILES string of the molecule is CCNC1(C(=O)O)CCCC(OC2CCC2)C1. The summed E-state index contributed by atoms with van der Waals surface area (Å²) in [6, 6.07) is 0. The molecule has 2 saturated carbocycles. The maximum absolute atomic E-state index is 11.5. The predicted molar refractivity (Wildman–Crippen MR) is 65.0 cm³/mol. The molecule has 0 aliphatic heterocycles. The van der Waals surface area contributed by atoms with Gasteiger partial charge in [0.1, 0.15) is 5.54 Å². The molecule has 2 unspecified atom stereocenters. The quantitative estimate of drug-likeness (QED) is 0.772. The van der Waals surface area contributed by atoms with E-state index in [-0.39, 0.29) is 6.10 Å². The maximum Gasteiger partial charge on any atom is 0.323 e. The van der Waals surface area contributed by atoms with Gasteiger partial charge in [0.2, 0.25) is 0 Å².